The summed E-state index contributed by atoms with van der Waals surface area (Å²) in [5.41, 5.74) is 2.36. The third-order valence-corrected chi connectivity index (χ3v) is 4.52. The molecule has 1 aromatic heterocycles. The van der Waals surface area contributed by atoms with Crippen LogP contribution in [-0.4, -0.2) is 17.5 Å². The maximum absolute atomic E-state index is 12.5. The summed E-state index contributed by atoms with van der Waals surface area (Å²) < 4.78 is 5.40. The van der Waals surface area contributed by atoms with Crippen molar-refractivity contribution in [1.82, 2.24) is 4.98 Å². The highest BCUT2D eigenvalue weighted by molar-refractivity contribution is 7.17. The molecule has 3 rings (SSSR count). The van der Waals surface area contributed by atoms with Gasteiger partial charge in [0.05, 0.1) is 12.3 Å². The van der Waals surface area contributed by atoms with Crippen LogP contribution in [0.3, 0.4) is 0 Å². The van der Waals surface area contributed by atoms with Gasteiger partial charge in [-0.25, -0.2) is 4.98 Å². The van der Waals surface area contributed by atoms with Gasteiger partial charge in [-0.15, -0.1) is 0 Å². The Balaban J connectivity index is 1.69. The molecule has 0 radical (unpaired) electrons. The molecule has 25 heavy (non-hydrogen) atoms. The highest BCUT2D eigenvalue weighted by Crippen LogP contribution is 2.26. The van der Waals surface area contributed by atoms with Crippen molar-refractivity contribution in [3.63, 3.8) is 0 Å². The number of amides is 1. The predicted molar refractivity (Wildman–Crippen MR) is 102 cm³/mol. The minimum atomic E-state index is -0.166. The van der Waals surface area contributed by atoms with E-state index in [-0.39, 0.29) is 5.91 Å². The second-order valence-corrected chi connectivity index (χ2v) is 6.34. The van der Waals surface area contributed by atoms with Gasteiger partial charge in [0.15, 0.2) is 5.13 Å². The fourth-order valence-electron chi connectivity index (χ4n) is 2.29. The molecule has 0 aliphatic heterocycles. The lowest BCUT2D eigenvalue weighted by Gasteiger charge is -2.06. The molecule has 0 saturated carbocycles. The molecule has 0 saturated heterocycles. The Bertz CT molecular complexity index is 845. The van der Waals surface area contributed by atoms with Crippen LogP contribution in [0.15, 0.2) is 54.6 Å². The average Bonchev–Trinajstić information content (AvgIpc) is 2.98. The van der Waals surface area contributed by atoms with Gasteiger partial charge in [-0.05, 0) is 50.2 Å². The molecule has 0 aliphatic carbocycles. The monoisotopic (exact) mass is 353 g/mol. The largest absolute Gasteiger partial charge is 0.494 e. The molecule has 0 spiro atoms. The average molecular weight is 353 g/mol. The number of carbonyl (C=O) groups excluding carboxylic acids is 1. The molecule has 128 valence electrons. The van der Waals surface area contributed by atoms with Crippen molar-refractivity contribution in [2.24, 2.45) is 0 Å². The number of anilines is 3. The minimum absolute atomic E-state index is 0.166. The molecule has 6 heteroatoms. The number of nitrogens with one attached hydrogen (secondary N) is 2. The summed E-state index contributed by atoms with van der Waals surface area (Å²) in [5.74, 6) is 0.615. The van der Waals surface area contributed by atoms with Crippen LogP contribution in [-0.2, 0) is 0 Å². The van der Waals surface area contributed by atoms with E-state index < -0.39 is 0 Å². The topological polar surface area (TPSA) is 63.2 Å². The number of benzene rings is 2. The number of hydrogen-bond acceptors (Lipinski definition) is 5. The van der Waals surface area contributed by atoms with Crippen LogP contribution < -0.4 is 15.4 Å². The van der Waals surface area contributed by atoms with Gasteiger partial charge in [0.25, 0.3) is 5.91 Å². The number of rotatable bonds is 6. The van der Waals surface area contributed by atoms with Crippen molar-refractivity contribution in [2.45, 2.75) is 13.8 Å². The van der Waals surface area contributed by atoms with E-state index >= 15 is 0 Å². The van der Waals surface area contributed by atoms with Crippen molar-refractivity contribution in [3.8, 4) is 5.75 Å². The SMILES string of the molecule is CCOc1ccc(NC(=O)c2sc(Nc3ccccc3)nc2C)cc1. The molecule has 0 aliphatic rings. The Kier molecular flexibility index (Phi) is 5.30. The number of aromatic nitrogens is 1. The second-order valence-electron chi connectivity index (χ2n) is 5.34. The minimum Gasteiger partial charge on any atom is -0.494 e. The molecule has 2 N–H and O–H groups in total. The maximum Gasteiger partial charge on any atom is 0.267 e. The standard InChI is InChI=1S/C19H19N3O2S/c1-3-24-16-11-9-15(10-12-16)21-18(23)17-13(2)20-19(25-17)22-14-7-5-4-6-8-14/h4-12H,3H2,1-2H3,(H,20,22)(H,21,23). The zero-order valence-corrected chi connectivity index (χ0v) is 14.9. The van der Waals surface area contributed by atoms with E-state index in [4.69, 9.17) is 4.74 Å². The fourth-order valence-corrected chi connectivity index (χ4v) is 3.18. The lowest BCUT2D eigenvalue weighted by atomic mass is 10.3. The van der Waals surface area contributed by atoms with Gasteiger partial charge in [0, 0.05) is 11.4 Å². The van der Waals surface area contributed by atoms with E-state index in [0.717, 1.165) is 17.1 Å². The number of ether oxygens (including phenoxy) is 1. The van der Waals surface area contributed by atoms with Crippen LogP contribution in [0.4, 0.5) is 16.5 Å². The van der Waals surface area contributed by atoms with E-state index in [1.165, 1.54) is 11.3 Å². The maximum atomic E-state index is 12.5. The third kappa shape index (κ3) is 4.36. The van der Waals surface area contributed by atoms with Gasteiger partial charge >= 0.3 is 0 Å². The van der Waals surface area contributed by atoms with Crippen LogP contribution >= 0.6 is 11.3 Å². The van der Waals surface area contributed by atoms with Crippen LogP contribution in [0.25, 0.3) is 0 Å². The molecule has 0 fully saturated rings. The Labute approximate surface area is 150 Å². The van der Waals surface area contributed by atoms with Crippen LogP contribution in [0.1, 0.15) is 22.3 Å². The first kappa shape index (κ1) is 17.0. The normalized spacial score (nSPS) is 10.3. The fraction of sp³-hybridized carbons (Fsp3) is 0.158. The Morgan fingerprint density at radius 1 is 1.08 bits per heavy atom. The number of hydrogen-bond donors (Lipinski definition) is 2. The highest BCUT2D eigenvalue weighted by atomic mass is 32.1. The molecule has 1 amide bonds. The number of carbonyl (C=O) groups is 1. The second kappa shape index (κ2) is 7.81. The van der Waals surface area contributed by atoms with Crippen molar-refractivity contribution in [2.75, 3.05) is 17.2 Å². The van der Waals surface area contributed by atoms with E-state index in [1.807, 2.05) is 68.4 Å². The quantitative estimate of drug-likeness (QED) is 0.665. The van der Waals surface area contributed by atoms with E-state index in [0.29, 0.717) is 22.3 Å². The van der Waals surface area contributed by atoms with Crippen molar-refractivity contribution in [3.05, 3.63) is 65.2 Å². The first-order valence-corrected chi connectivity index (χ1v) is 8.81. The summed E-state index contributed by atoms with van der Waals surface area (Å²) in [7, 11) is 0. The summed E-state index contributed by atoms with van der Waals surface area (Å²) in [6, 6.07) is 17.1. The van der Waals surface area contributed by atoms with Gasteiger partial charge in [-0.1, -0.05) is 29.5 Å². The number of thiazole rings is 1. The molecule has 5 nitrogen and oxygen atoms in total. The highest BCUT2D eigenvalue weighted by Gasteiger charge is 2.15. The summed E-state index contributed by atoms with van der Waals surface area (Å²) >= 11 is 1.33. The zero-order chi connectivity index (χ0) is 17.6. The third-order valence-electron chi connectivity index (χ3n) is 3.45. The zero-order valence-electron chi connectivity index (χ0n) is 14.1. The summed E-state index contributed by atoms with van der Waals surface area (Å²) in [6.45, 7) is 4.38. The van der Waals surface area contributed by atoms with E-state index in [2.05, 4.69) is 15.6 Å². The van der Waals surface area contributed by atoms with Gasteiger partial charge in [-0.2, -0.15) is 0 Å². The number of nitrogens with zero attached hydrogens (tertiary/aromatic N) is 1. The molecule has 3 aromatic rings. The summed E-state index contributed by atoms with van der Waals surface area (Å²) in [4.78, 5) is 17.5. The van der Waals surface area contributed by atoms with Gasteiger partial charge in [0.1, 0.15) is 10.6 Å². The lowest BCUT2D eigenvalue weighted by molar-refractivity contribution is 0.103. The Hall–Kier alpha value is -2.86. The number of aryl methyl sites for hydroxylation is 1. The lowest BCUT2D eigenvalue weighted by Crippen LogP contribution is -2.11. The van der Waals surface area contributed by atoms with Crippen molar-refractivity contribution >= 4 is 33.8 Å². The van der Waals surface area contributed by atoms with Crippen molar-refractivity contribution in [1.29, 1.82) is 0 Å². The molecule has 1 heterocycles. The first-order valence-electron chi connectivity index (χ1n) is 7.99. The summed E-state index contributed by atoms with van der Waals surface area (Å²) in [6.07, 6.45) is 0. The smallest absolute Gasteiger partial charge is 0.267 e. The first-order chi connectivity index (χ1) is 12.2. The molecular formula is C19H19N3O2S. The predicted octanol–water partition coefficient (Wildman–Crippen LogP) is 4.85. The molecule has 2 aromatic carbocycles. The Morgan fingerprint density at radius 2 is 1.80 bits per heavy atom. The van der Waals surface area contributed by atoms with Crippen LogP contribution in [0.2, 0.25) is 0 Å². The number of para-hydroxylation sites is 1. The van der Waals surface area contributed by atoms with Crippen LogP contribution in [0, 0.1) is 6.92 Å². The molecule has 0 bridgehead atoms. The van der Waals surface area contributed by atoms with E-state index in [1.54, 1.807) is 0 Å². The van der Waals surface area contributed by atoms with Gasteiger partial charge in [0.2, 0.25) is 0 Å². The molecule has 0 unspecified atom stereocenters. The molecule has 0 atom stereocenters. The van der Waals surface area contributed by atoms with Crippen molar-refractivity contribution < 1.29 is 9.53 Å². The molecular weight excluding hydrogens is 334 g/mol. The summed E-state index contributed by atoms with van der Waals surface area (Å²) in [5, 5.41) is 6.80. The van der Waals surface area contributed by atoms with E-state index in [9.17, 15) is 4.79 Å². The Morgan fingerprint density at radius 3 is 2.48 bits per heavy atom. The van der Waals surface area contributed by atoms with Crippen LogP contribution in [0.5, 0.6) is 5.75 Å². The van der Waals surface area contributed by atoms with Gasteiger partial charge < -0.3 is 15.4 Å². The van der Waals surface area contributed by atoms with Gasteiger partial charge in [-0.3, -0.25) is 4.79 Å².